The van der Waals surface area contributed by atoms with E-state index in [0.29, 0.717) is 16.8 Å². The maximum Gasteiger partial charge on any atom is 0.417 e. The van der Waals surface area contributed by atoms with Gasteiger partial charge in [-0.1, -0.05) is 6.07 Å². The summed E-state index contributed by atoms with van der Waals surface area (Å²) in [5, 5.41) is 3.29. The molecular weight excluding hydrogens is 220 g/mol. The van der Waals surface area contributed by atoms with E-state index in [9.17, 15) is 4.79 Å². The number of hydrogen-bond donors (Lipinski definition) is 2. The topological polar surface area (TPSA) is 67.3 Å². The molecule has 0 saturated carbocycles. The predicted octanol–water partition coefficient (Wildman–Crippen LogP) is 1.25. The minimum atomic E-state index is -0.446. The van der Waals surface area contributed by atoms with E-state index in [4.69, 9.17) is 9.15 Å². The van der Waals surface area contributed by atoms with Gasteiger partial charge in [0.25, 0.3) is 0 Å². The summed E-state index contributed by atoms with van der Waals surface area (Å²) in [5.41, 5.74) is 1.18. The van der Waals surface area contributed by atoms with Gasteiger partial charge in [0.2, 0.25) is 0 Å². The van der Waals surface area contributed by atoms with E-state index in [1.54, 1.807) is 6.07 Å². The normalized spacial score (nSPS) is 20.6. The number of aromatic nitrogens is 1. The number of aromatic amines is 1. The smallest absolute Gasteiger partial charge is 0.417 e. The number of piperidine rings is 1. The van der Waals surface area contributed by atoms with Gasteiger partial charge in [0.15, 0.2) is 5.58 Å². The van der Waals surface area contributed by atoms with Crippen LogP contribution in [-0.4, -0.2) is 24.2 Å². The monoisotopic (exact) mass is 234 g/mol. The Morgan fingerprint density at radius 3 is 3.18 bits per heavy atom. The van der Waals surface area contributed by atoms with Crippen LogP contribution in [-0.2, 0) is 0 Å². The van der Waals surface area contributed by atoms with Crippen LogP contribution in [0, 0.1) is 0 Å². The molecule has 1 aliphatic rings. The van der Waals surface area contributed by atoms with Gasteiger partial charge in [0.05, 0.1) is 0 Å². The summed E-state index contributed by atoms with van der Waals surface area (Å²) in [4.78, 5) is 13.8. The molecule has 1 atom stereocenters. The summed E-state index contributed by atoms with van der Waals surface area (Å²) >= 11 is 0. The first kappa shape index (κ1) is 10.4. The number of H-pyrrole nitrogens is 1. The highest BCUT2D eigenvalue weighted by Crippen LogP contribution is 2.24. The zero-order chi connectivity index (χ0) is 11.7. The van der Waals surface area contributed by atoms with Gasteiger partial charge in [-0.2, -0.15) is 0 Å². The molecule has 5 nitrogen and oxygen atoms in total. The third-order valence-corrected chi connectivity index (χ3v) is 2.96. The van der Waals surface area contributed by atoms with E-state index in [2.05, 4.69) is 10.3 Å². The third kappa shape index (κ3) is 2.06. The lowest BCUT2D eigenvalue weighted by Crippen LogP contribution is -2.37. The molecule has 2 aromatic rings. The summed E-state index contributed by atoms with van der Waals surface area (Å²) in [6, 6.07) is 5.42. The summed E-state index contributed by atoms with van der Waals surface area (Å²) in [7, 11) is 0. The van der Waals surface area contributed by atoms with Crippen molar-refractivity contribution in [1.82, 2.24) is 10.3 Å². The van der Waals surface area contributed by atoms with Crippen molar-refractivity contribution in [2.45, 2.75) is 18.9 Å². The summed E-state index contributed by atoms with van der Waals surface area (Å²) in [5.74, 6) is 0.236. The molecule has 1 unspecified atom stereocenters. The van der Waals surface area contributed by atoms with Crippen LogP contribution in [0.3, 0.4) is 0 Å². The van der Waals surface area contributed by atoms with E-state index in [0.717, 1.165) is 25.9 Å². The molecule has 1 aliphatic heterocycles. The van der Waals surface area contributed by atoms with E-state index < -0.39 is 5.76 Å². The van der Waals surface area contributed by atoms with Gasteiger partial charge in [-0.15, -0.1) is 0 Å². The Morgan fingerprint density at radius 2 is 2.35 bits per heavy atom. The molecular formula is C12H14N2O3. The molecule has 0 aliphatic carbocycles. The zero-order valence-corrected chi connectivity index (χ0v) is 9.36. The lowest BCUT2D eigenvalue weighted by Gasteiger charge is -2.23. The van der Waals surface area contributed by atoms with Crippen molar-refractivity contribution in [1.29, 1.82) is 0 Å². The van der Waals surface area contributed by atoms with Crippen LogP contribution in [0.2, 0.25) is 0 Å². The molecule has 0 bridgehead atoms. The molecule has 0 amide bonds. The van der Waals surface area contributed by atoms with Gasteiger partial charge in [-0.3, -0.25) is 4.98 Å². The van der Waals surface area contributed by atoms with Gasteiger partial charge in [-0.05, 0) is 31.5 Å². The summed E-state index contributed by atoms with van der Waals surface area (Å²) < 4.78 is 10.9. The minimum Gasteiger partial charge on any atom is -0.487 e. The highest BCUT2D eigenvalue weighted by molar-refractivity contribution is 5.79. The molecule has 0 radical (unpaired) electrons. The van der Waals surface area contributed by atoms with Crippen LogP contribution in [0.1, 0.15) is 12.8 Å². The van der Waals surface area contributed by atoms with Gasteiger partial charge >= 0.3 is 5.76 Å². The van der Waals surface area contributed by atoms with E-state index in [1.165, 1.54) is 0 Å². The molecule has 3 rings (SSSR count). The quantitative estimate of drug-likeness (QED) is 0.820. The Labute approximate surface area is 97.8 Å². The summed E-state index contributed by atoms with van der Waals surface area (Å²) in [6.45, 7) is 1.89. The SMILES string of the molecule is O=c1[nH]c2c(OC3CCCNC3)cccc2o1. The van der Waals surface area contributed by atoms with E-state index in [1.807, 2.05) is 12.1 Å². The van der Waals surface area contributed by atoms with Crippen molar-refractivity contribution in [2.24, 2.45) is 0 Å². The number of rotatable bonds is 2. The molecule has 5 heteroatoms. The molecule has 1 aromatic carbocycles. The highest BCUT2D eigenvalue weighted by atomic mass is 16.5. The van der Waals surface area contributed by atoms with Gasteiger partial charge in [0, 0.05) is 6.54 Å². The molecule has 17 heavy (non-hydrogen) atoms. The van der Waals surface area contributed by atoms with Crippen LogP contribution < -0.4 is 15.8 Å². The van der Waals surface area contributed by atoms with Gasteiger partial charge in [0.1, 0.15) is 17.4 Å². The second-order valence-corrected chi connectivity index (χ2v) is 4.23. The first-order chi connectivity index (χ1) is 8.33. The average molecular weight is 234 g/mol. The number of para-hydroxylation sites is 1. The van der Waals surface area contributed by atoms with Gasteiger partial charge < -0.3 is 14.5 Å². The number of ether oxygens (including phenoxy) is 1. The largest absolute Gasteiger partial charge is 0.487 e. The van der Waals surface area contributed by atoms with Crippen molar-refractivity contribution in [3.63, 3.8) is 0 Å². The molecule has 2 heterocycles. The van der Waals surface area contributed by atoms with Crippen molar-refractivity contribution >= 4 is 11.1 Å². The van der Waals surface area contributed by atoms with Crippen molar-refractivity contribution in [3.8, 4) is 5.75 Å². The second-order valence-electron chi connectivity index (χ2n) is 4.23. The van der Waals surface area contributed by atoms with Crippen molar-refractivity contribution < 1.29 is 9.15 Å². The van der Waals surface area contributed by atoms with E-state index in [-0.39, 0.29) is 6.10 Å². The summed E-state index contributed by atoms with van der Waals surface area (Å²) in [6.07, 6.45) is 2.31. The molecule has 2 N–H and O–H groups in total. The van der Waals surface area contributed by atoms with Gasteiger partial charge in [-0.25, -0.2) is 4.79 Å². The molecule has 1 saturated heterocycles. The highest BCUT2D eigenvalue weighted by Gasteiger charge is 2.16. The Bertz CT molecular complexity index is 566. The minimum absolute atomic E-state index is 0.160. The van der Waals surface area contributed by atoms with Crippen LogP contribution in [0.25, 0.3) is 11.1 Å². The maximum atomic E-state index is 11.1. The van der Waals surface area contributed by atoms with Crippen LogP contribution in [0.15, 0.2) is 27.4 Å². The standard InChI is InChI=1S/C12H14N2O3/c15-12-14-11-9(4-1-5-10(11)17-12)16-8-3-2-6-13-7-8/h1,4-5,8,13H,2-3,6-7H2,(H,14,15). The Kier molecular flexibility index (Phi) is 2.60. The average Bonchev–Trinajstić information content (AvgIpc) is 2.72. The molecule has 1 aromatic heterocycles. The maximum absolute atomic E-state index is 11.1. The number of hydrogen-bond acceptors (Lipinski definition) is 4. The molecule has 1 fully saturated rings. The Hall–Kier alpha value is -1.75. The zero-order valence-electron chi connectivity index (χ0n) is 9.36. The lowest BCUT2D eigenvalue weighted by atomic mass is 10.1. The number of oxazole rings is 1. The molecule has 0 spiro atoms. The van der Waals surface area contributed by atoms with Crippen molar-refractivity contribution in [3.05, 3.63) is 28.7 Å². The second kappa shape index (κ2) is 4.25. The predicted molar refractivity (Wildman–Crippen MR) is 63.4 cm³/mol. The Balaban J connectivity index is 1.91. The first-order valence-electron chi connectivity index (χ1n) is 5.82. The van der Waals surface area contributed by atoms with E-state index >= 15 is 0 Å². The first-order valence-corrected chi connectivity index (χ1v) is 5.82. The van der Waals surface area contributed by atoms with Crippen LogP contribution in [0.4, 0.5) is 0 Å². The van der Waals surface area contributed by atoms with Crippen molar-refractivity contribution in [2.75, 3.05) is 13.1 Å². The fraction of sp³-hybridized carbons (Fsp3) is 0.417. The number of benzene rings is 1. The van der Waals surface area contributed by atoms with Crippen LogP contribution in [0.5, 0.6) is 5.75 Å². The lowest BCUT2D eigenvalue weighted by molar-refractivity contribution is 0.169. The molecule has 90 valence electrons. The number of nitrogens with one attached hydrogen (secondary N) is 2. The third-order valence-electron chi connectivity index (χ3n) is 2.96. The van der Waals surface area contributed by atoms with Crippen LogP contribution >= 0.6 is 0 Å². The number of fused-ring (bicyclic) bond motifs is 1. The fourth-order valence-corrected chi connectivity index (χ4v) is 2.14. The Morgan fingerprint density at radius 1 is 1.41 bits per heavy atom. The fourth-order valence-electron chi connectivity index (χ4n) is 2.14.